The lowest BCUT2D eigenvalue weighted by atomic mass is 10.1. The molecular formula is C10H22N2O2. The molecule has 0 aromatic heterocycles. The first kappa shape index (κ1) is 13.4. The lowest BCUT2D eigenvalue weighted by molar-refractivity contribution is -0.138. The monoisotopic (exact) mass is 202 g/mol. The molecule has 0 aromatic carbocycles. The fourth-order valence-electron chi connectivity index (χ4n) is 1.38. The Hall–Kier alpha value is -0.610. The number of carboxylic acids is 1. The van der Waals surface area contributed by atoms with Crippen molar-refractivity contribution in [3.8, 4) is 0 Å². The Kier molecular flexibility index (Phi) is 6.49. The number of nitrogens with zero attached hydrogens (tertiary/aromatic N) is 1. The molecule has 0 amide bonds. The molecule has 0 spiro atoms. The average Bonchev–Trinajstić information content (AvgIpc) is 2.17. The zero-order chi connectivity index (χ0) is 11.1. The van der Waals surface area contributed by atoms with Gasteiger partial charge in [0.1, 0.15) is 6.04 Å². The van der Waals surface area contributed by atoms with E-state index in [9.17, 15) is 4.79 Å². The van der Waals surface area contributed by atoms with E-state index in [1.165, 1.54) is 0 Å². The molecule has 0 radical (unpaired) electrons. The van der Waals surface area contributed by atoms with Gasteiger partial charge < -0.3 is 15.7 Å². The van der Waals surface area contributed by atoms with Gasteiger partial charge in [-0.25, -0.2) is 0 Å². The highest BCUT2D eigenvalue weighted by molar-refractivity contribution is 5.72. The fraction of sp³-hybridized carbons (Fsp3) is 0.900. The van der Waals surface area contributed by atoms with Gasteiger partial charge in [0.2, 0.25) is 0 Å². The molecule has 0 bridgehead atoms. The lowest BCUT2D eigenvalue weighted by Gasteiger charge is -2.27. The van der Waals surface area contributed by atoms with Crippen LogP contribution in [-0.2, 0) is 4.79 Å². The maximum atomic E-state index is 10.5. The largest absolute Gasteiger partial charge is 0.480 e. The molecule has 3 N–H and O–H groups in total. The quantitative estimate of drug-likeness (QED) is 0.644. The molecule has 84 valence electrons. The minimum Gasteiger partial charge on any atom is -0.480 e. The van der Waals surface area contributed by atoms with Gasteiger partial charge in [-0.15, -0.1) is 0 Å². The summed E-state index contributed by atoms with van der Waals surface area (Å²) in [6.45, 7) is 8.07. The molecular weight excluding hydrogens is 180 g/mol. The average molecular weight is 202 g/mol. The molecule has 14 heavy (non-hydrogen) atoms. The third kappa shape index (κ3) is 4.58. The molecule has 0 saturated heterocycles. The second-order valence-electron chi connectivity index (χ2n) is 3.62. The van der Waals surface area contributed by atoms with Crippen LogP contribution >= 0.6 is 0 Å². The molecule has 0 aliphatic carbocycles. The summed E-state index contributed by atoms with van der Waals surface area (Å²) in [7, 11) is 0. The van der Waals surface area contributed by atoms with E-state index >= 15 is 0 Å². The molecule has 0 aliphatic rings. The van der Waals surface area contributed by atoms with Crippen LogP contribution in [0.3, 0.4) is 0 Å². The van der Waals surface area contributed by atoms with Gasteiger partial charge in [-0.05, 0) is 26.3 Å². The van der Waals surface area contributed by atoms with E-state index in [-0.39, 0.29) is 0 Å². The Morgan fingerprint density at radius 2 is 2.07 bits per heavy atom. The van der Waals surface area contributed by atoms with E-state index in [0.29, 0.717) is 12.5 Å². The lowest BCUT2D eigenvalue weighted by Crippen LogP contribution is -2.39. The van der Waals surface area contributed by atoms with Crippen molar-refractivity contribution in [2.24, 2.45) is 5.73 Å². The number of carbonyl (C=O) groups is 1. The van der Waals surface area contributed by atoms with Crippen LogP contribution in [0.15, 0.2) is 0 Å². The van der Waals surface area contributed by atoms with E-state index in [0.717, 1.165) is 19.5 Å². The molecule has 0 fully saturated rings. The molecule has 0 saturated carbocycles. The highest BCUT2D eigenvalue weighted by Crippen LogP contribution is 2.04. The standard InChI is InChI=1S/C10H22N2O2/c1-4-8(3)12(5-2)7-6-9(11)10(13)14/h8-9H,4-7,11H2,1-3H3,(H,13,14). The summed E-state index contributed by atoms with van der Waals surface area (Å²) in [6.07, 6.45) is 1.60. The Balaban J connectivity index is 3.89. The Bertz CT molecular complexity index is 174. The summed E-state index contributed by atoms with van der Waals surface area (Å²) < 4.78 is 0. The SMILES string of the molecule is CCC(C)N(CC)CCC(N)C(=O)O. The maximum Gasteiger partial charge on any atom is 0.320 e. The second-order valence-corrected chi connectivity index (χ2v) is 3.62. The summed E-state index contributed by atoms with van der Waals surface area (Å²) in [5.41, 5.74) is 5.43. The van der Waals surface area contributed by atoms with Crippen molar-refractivity contribution in [3.63, 3.8) is 0 Å². The van der Waals surface area contributed by atoms with Gasteiger partial charge >= 0.3 is 5.97 Å². The second kappa shape index (κ2) is 6.79. The summed E-state index contributed by atoms with van der Waals surface area (Å²) in [6, 6.07) is -0.228. The molecule has 2 unspecified atom stereocenters. The van der Waals surface area contributed by atoms with Crippen molar-refractivity contribution in [1.29, 1.82) is 0 Å². The third-order valence-electron chi connectivity index (χ3n) is 2.66. The highest BCUT2D eigenvalue weighted by atomic mass is 16.4. The predicted molar refractivity (Wildman–Crippen MR) is 57.2 cm³/mol. The zero-order valence-electron chi connectivity index (χ0n) is 9.36. The van der Waals surface area contributed by atoms with Crippen LogP contribution < -0.4 is 5.73 Å². The zero-order valence-corrected chi connectivity index (χ0v) is 9.36. The first-order valence-corrected chi connectivity index (χ1v) is 5.25. The van der Waals surface area contributed by atoms with Gasteiger partial charge in [0.25, 0.3) is 0 Å². The predicted octanol–water partition coefficient (Wildman–Crippen LogP) is 0.909. The van der Waals surface area contributed by atoms with E-state index < -0.39 is 12.0 Å². The van der Waals surface area contributed by atoms with Crippen LogP contribution in [-0.4, -0.2) is 41.1 Å². The fourth-order valence-corrected chi connectivity index (χ4v) is 1.38. The summed E-state index contributed by atoms with van der Waals surface area (Å²) in [4.78, 5) is 12.7. The Labute approximate surface area is 86.1 Å². The van der Waals surface area contributed by atoms with Crippen LogP contribution in [0.25, 0.3) is 0 Å². The number of hydrogen-bond acceptors (Lipinski definition) is 3. The van der Waals surface area contributed by atoms with Gasteiger partial charge in [-0.3, -0.25) is 4.79 Å². The summed E-state index contributed by atoms with van der Waals surface area (Å²) >= 11 is 0. The van der Waals surface area contributed by atoms with Gasteiger partial charge in [0, 0.05) is 12.6 Å². The van der Waals surface area contributed by atoms with Crippen LogP contribution in [0.5, 0.6) is 0 Å². The summed E-state index contributed by atoms with van der Waals surface area (Å²) in [5.74, 6) is -0.912. The van der Waals surface area contributed by atoms with Gasteiger partial charge in [-0.1, -0.05) is 13.8 Å². The topological polar surface area (TPSA) is 66.6 Å². The Morgan fingerprint density at radius 1 is 1.50 bits per heavy atom. The molecule has 4 heteroatoms. The number of hydrogen-bond donors (Lipinski definition) is 2. The smallest absolute Gasteiger partial charge is 0.320 e. The molecule has 0 rings (SSSR count). The molecule has 2 atom stereocenters. The van der Waals surface area contributed by atoms with Crippen LogP contribution in [0.2, 0.25) is 0 Å². The molecule has 4 nitrogen and oxygen atoms in total. The third-order valence-corrected chi connectivity index (χ3v) is 2.66. The van der Waals surface area contributed by atoms with Crippen molar-refractivity contribution in [3.05, 3.63) is 0 Å². The maximum absolute atomic E-state index is 10.5. The van der Waals surface area contributed by atoms with E-state index in [4.69, 9.17) is 10.8 Å². The van der Waals surface area contributed by atoms with Crippen LogP contribution in [0.1, 0.15) is 33.6 Å². The van der Waals surface area contributed by atoms with Crippen molar-refractivity contribution in [1.82, 2.24) is 4.90 Å². The van der Waals surface area contributed by atoms with E-state index in [1.807, 2.05) is 0 Å². The van der Waals surface area contributed by atoms with Crippen molar-refractivity contribution in [2.45, 2.75) is 45.7 Å². The minimum atomic E-state index is -0.912. The van der Waals surface area contributed by atoms with Gasteiger partial charge in [0.05, 0.1) is 0 Å². The molecule has 0 heterocycles. The van der Waals surface area contributed by atoms with Crippen molar-refractivity contribution in [2.75, 3.05) is 13.1 Å². The summed E-state index contributed by atoms with van der Waals surface area (Å²) in [5, 5.41) is 8.62. The van der Waals surface area contributed by atoms with Gasteiger partial charge in [0.15, 0.2) is 0 Å². The first-order valence-electron chi connectivity index (χ1n) is 5.25. The highest BCUT2D eigenvalue weighted by Gasteiger charge is 2.15. The van der Waals surface area contributed by atoms with Crippen molar-refractivity contribution >= 4 is 5.97 Å². The molecule has 0 aromatic rings. The van der Waals surface area contributed by atoms with E-state index in [1.54, 1.807) is 0 Å². The normalized spacial score (nSPS) is 15.5. The minimum absolute atomic E-state index is 0.501. The van der Waals surface area contributed by atoms with Gasteiger partial charge in [-0.2, -0.15) is 0 Å². The number of rotatable bonds is 7. The van der Waals surface area contributed by atoms with Crippen LogP contribution in [0, 0.1) is 0 Å². The molecule has 0 aliphatic heterocycles. The number of aliphatic carboxylic acids is 1. The number of carboxylic acid groups (broad SMARTS) is 1. The van der Waals surface area contributed by atoms with Crippen LogP contribution in [0.4, 0.5) is 0 Å². The van der Waals surface area contributed by atoms with E-state index in [2.05, 4.69) is 25.7 Å². The first-order chi connectivity index (χ1) is 6.52. The van der Waals surface area contributed by atoms with Crippen molar-refractivity contribution < 1.29 is 9.90 Å². The Morgan fingerprint density at radius 3 is 2.43 bits per heavy atom. The number of nitrogens with two attached hydrogens (primary N) is 1.